The Morgan fingerprint density at radius 3 is 2.64 bits per heavy atom. The third-order valence-electron chi connectivity index (χ3n) is 5.85. The second kappa shape index (κ2) is 4.80. The van der Waals surface area contributed by atoms with Gasteiger partial charge in [0.1, 0.15) is 0 Å². The summed E-state index contributed by atoms with van der Waals surface area (Å²) in [4.78, 5) is 24.4. The van der Waals surface area contributed by atoms with Crippen molar-refractivity contribution in [1.82, 2.24) is 0 Å². The molecule has 22 heavy (non-hydrogen) atoms. The molecule has 0 saturated heterocycles. The number of ketones is 1. The Kier molecular flexibility index (Phi) is 3.28. The van der Waals surface area contributed by atoms with Gasteiger partial charge < -0.3 is 5.32 Å². The number of rotatable bonds is 3. The minimum absolute atomic E-state index is 0.00148. The third kappa shape index (κ3) is 2.03. The first kappa shape index (κ1) is 15.0. The molecule has 0 unspecified atom stereocenters. The molecule has 2 saturated carbocycles. The van der Waals surface area contributed by atoms with Crippen LogP contribution >= 0.6 is 0 Å². The van der Waals surface area contributed by atoms with E-state index >= 15 is 0 Å². The molecule has 2 bridgehead atoms. The van der Waals surface area contributed by atoms with Crippen molar-refractivity contribution in [2.75, 3.05) is 5.32 Å². The van der Waals surface area contributed by atoms with Crippen molar-refractivity contribution in [3.63, 3.8) is 0 Å². The van der Waals surface area contributed by atoms with Crippen molar-refractivity contribution in [2.45, 2.75) is 40.0 Å². The highest BCUT2D eigenvalue weighted by molar-refractivity contribution is 6.00. The Balaban J connectivity index is 1.85. The molecule has 2 atom stereocenters. The molecule has 0 heterocycles. The van der Waals surface area contributed by atoms with E-state index in [4.69, 9.17) is 0 Å². The topological polar surface area (TPSA) is 46.2 Å². The van der Waals surface area contributed by atoms with Gasteiger partial charge in [-0.2, -0.15) is 0 Å². The normalized spacial score (nSPS) is 28.7. The summed E-state index contributed by atoms with van der Waals surface area (Å²) in [5.74, 6) is 0.585. The van der Waals surface area contributed by atoms with Gasteiger partial charge in [0.25, 0.3) is 0 Å². The van der Waals surface area contributed by atoms with Crippen LogP contribution in [0.15, 0.2) is 36.4 Å². The van der Waals surface area contributed by atoms with Gasteiger partial charge in [0, 0.05) is 11.3 Å². The second-order valence-electron chi connectivity index (χ2n) is 7.31. The number of hydrogen-bond acceptors (Lipinski definition) is 2. The number of amides is 1. The number of carbonyl (C=O) groups is 2. The fourth-order valence-electron chi connectivity index (χ4n) is 4.21. The van der Waals surface area contributed by atoms with Crippen molar-refractivity contribution < 1.29 is 9.59 Å². The maximum absolute atomic E-state index is 12.9. The third-order valence-corrected chi connectivity index (χ3v) is 5.85. The largest absolute Gasteiger partial charge is 0.325 e. The monoisotopic (exact) mass is 297 g/mol. The van der Waals surface area contributed by atoms with Crippen LogP contribution in [0.1, 0.15) is 50.4 Å². The van der Waals surface area contributed by atoms with Gasteiger partial charge in [0.05, 0.1) is 5.41 Å². The molecule has 0 spiro atoms. The SMILES string of the molecule is C=C1C(C)(C)[C@@H]2CC[C@@]1(C(=O)Nc1cccc(C(C)=O)c1)C2. The van der Waals surface area contributed by atoms with Gasteiger partial charge in [-0.1, -0.05) is 38.1 Å². The van der Waals surface area contributed by atoms with Gasteiger partial charge in [0.15, 0.2) is 5.78 Å². The van der Waals surface area contributed by atoms with Gasteiger partial charge >= 0.3 is 0 Å². The summed E-state index contributed by atoms with van der Waals surface area (Å²) in [5, 5.41) is 3.01. The van der Waals surface area contributed by atoms with Gasteiger partial charge in [-0.05, 0) is 49.7 Å². The molecular weight excluding hydrogens is 274 g/mol. The average molecular weight is 297 g/mol. The molecular formula is C19H23NO2. The van der Waals surface area contributed by atoms with E-state index in [2.05, 4.69) is 25.7 Å². The number of nitrogens with one attached hydrogen (secondary N) is 1. The number of fused-ring (bicyclic) bond motifs is 2. The summed E-state index contributed by atoms with van der Waals surface area (Å²) in [5.41, 5.74) is 1.98. The molecule has 3 nitrogen and oxygen atoms in total. The van der Waals surface area contributed by atoms with Gasteiger partial charge in [-0.15, -0.1) is 0 Å². The maximum Gasteiger partial charge on any atom is 0.234 e. The van der Waals surface area contributed by atoms with Crippen LogP contribution in [-0.2, 0) is 4.79 Å². The molecule has 0 aliphatic heterocycles. The predicted octanol–water partition coefficient (Wildman–Crippen LogP) is 4.21. The van der Waals surface area contributed by atoms with Crippen LogP contribution in [0.5, 0.6) is 0 Å². The lowest BCUT2D eigenvalue weighted by atomic mass is 9.68. The predicted molar refractivity (Wildman–Crippen MR) is 87.8 cm³/mol. The molecule has 3 rings (SSSR count). The molecule has 0 aromatic heterocycles. The first-order chi connectivity index (χ1) is 10.3. The van der Waals surface area contributed by atoms with E-state index in [1.54, 1.807) is 18.2 Å². The molecule has 0 radical (unpaired) electrons. The zero-order valence-corrected chi connectivity index (χ0v) is 13.5. The number of benzene rings is 1. The van der Waals surface area contributed by atoms with Crippen LogP contribution in [0.25, 0.3) is 0 Å². The van der Waals surface area contributed by atoms with Gasteiger partial charge in [-0.25, -0.2) is 0 Å². The van der Waals surface area contributed by atoms with Crippen LogP contribution in [0.3, 0.4) is 0 Å². The Morgan fingerprint density at radius 1 is 1.32 bits per heavy atom. The van der Waals surface area contributed by atoms with E-state index in [9.17, 15) is 9.59 Å². The van der Waals surface area contributed by atoms with E-state index in [0.717, 1.165) is 24.8 Å². The molecule has 2 aliphatic rings. The highest BCUT2D eigenvalue weighted by Gasteiger charge is 2.60. The van der Waals surface area contributed by atoms with E-state index in [1.165, 1.54) is 6.92 Å². The highest BCUT2D eigenvalue weighted by Crippen LogP contribution is 2.65. The number of carbonyl (C=O) groups excluding carboxylic acids is 2. The summed E-state index contributed by atoms with van der Waals surface area (Å²) < 4.78 is 0. The van der Waals surface area contributed by atoms with Crippen molar-refractivity contribution in [2.24, 2.45) is 16.7 Å². The second-order valence-corrected chi connectivity index (χ2v) is 7.31. The lowest BCUT2D eigenvalue weighted by Crippen LogP contribution is -2.37. The van der Waals surface area contributed by atoms with Crippen LogP contribution in [0, 0.1) is 16.7 Å². The summed E-state index contributed by atoms with van der Waals surface area (Å²) in [6.07, 6.45) is 2.88. The standard InChI is InChI=1S/C19H23NO2/c1-12(21)14-6-5-7-16(10-14)20-17(22)19-9-8-15(11-19)18(3,4)13(19)2/h5-7,10,15H,2,8-9,11H2,1,3-4H3,(H,20,22)/t15-,19-/m1/s1. The lowest BCUT2D eigenvalue weighted by molar-refractivity contribution is -0.123. The first-order valence-electron chi connectivity index (χ1n) is 7.90. The Labute approximate surface area is 131 Å². The molecule has 3 heteroatoms. The molecule has 2 fully saturated rings. The van der Waals surface area contributed by atoms with Crippen molar-refractivity contribution in [1.29, 1.82) is 0 Å². The minimum Gasteiger partial charge on any atom is -0.325 e. The van der Waals surface area contributed by atoms with Crippen LogP contribution in [0.2, 0.25) is 0 Å². The highest BCUT2D eigenvalue weighted by atomic mass is 16.2. The Morgan fingerprint density at radius 2 is 2.05 bits per heavy atom. The Bertz CT molecular complexity index is 674. The molecule has 2 aliphatic carbocycles. The van der Waals surface area contributed by atoms with Crippen molar-refractivity contribution in [3.8, 4) is 0 Å². The van der Waals surface area contributed by atoms with E-state index < -0.39 is 5.41 Å². The quantitative estimate of drug-likeness (QED) is 0.671. The molecule has 1 amide bonds. The van der Waals surface area contributed by atoms with E-state index in [1.807, 2.05) is 6.07 Å². The fourth-order valence-corrected chi connectivity index (χ4v) is 4.21. The number of Topliss-reactive ketones (excluding diaryl/α,β-unsaturated/α-hetero) is 1. The van der Waals surface area contributed by atoms with Crippen molar-refractivity contribution >= 4 is 17.4 Å². The summed E-state index contributed by atoms with van der Waals surface area (Å²) >= 11 is 0. The number of hydrogen-bond donors (Lipinski definition) is 1. The number of anilines is 1. The van der Waals surface area contributed by atoms with Crippen LogP contribution < -0.4 is 5.32 Å². The molecule has 1 aromatic rings. The summed E-state index contributed by atoms with van der Waals surface area (Å²) in [7, 11) is 0. The fraction of sp³-hybridized carbons (Fsp3) is 0.474. The summed E-state index contributed by atoms with van der Waals surface area (Å²) in [6.45, 7) is 10.2. The Hall–Kier alpha value is -1.90. The summed E-state index contributed by atoms with van der Waals surface area (Å²) in [6, 6.07) is 7.14. The lowest BCUT2D eigenvalue weighted by Gasteiger charge is -2.37. The average Bonchev–Trinajstić information content (AvgIpc) is 2.99. The van der Waals surface area contributed by atoms with Gasteiger partial charge in [0.2, 0.25) is 5.91 Å². The molecule has 1 N–H and O–H groups in total. The zero-order valence-electron chi connectivity index (χ0n) is 13.5. The van der Waals surface area contributed by atoms with E-state index in [-0.39, 0.29) is 17.1 Å². The maximum atomic E-state index is 12.9. The molecule has 1 aromatic carbocycles. The van der Waals surface area contributed by atoms with Gasteiger partial charge in [-0.3, -0.25) is 9.59 Å². The van der Waals surface area contributed by atoms with Crippen molar-refractivity contribution in [3.05, 3.63) is 42.0 Å². The molecule has 116 valence electrons. The van der Waals surface area contributed by atoms with Crippen LogP contribution in [-0.4, -0.2) is 11.7 Å². The zero-order chi connectivity index (χ0) is 16.1. The van der Waals surface area contributed by atoms with E-state index in [0.29, 0.717) is 17.2 Å². The van der Waals surface area contributed by atoms with Crippen LogP contribution in [0.4, 0.5) is 5.69 Å². The minimum atomic E-state index is -0.430. The first-order valence-corrected chi connectivity index (χ1v) is 7.90. The smallest absolute Gasteiger partial charge is 0.234 e.